The smallest absolute Gasteiger partial charge is 0.273 e. The largest absolute Gasteiger partial charge is 0.324 e. The Hall–Kier alpha value is -3.39. The van der Waals surface area contributed by atoms with E-state index in [1.807, 2.05) is 44.2 Å². The number of nitrogens with one attached hydrogen (secondary N) is 1. The second-order valence-electron chi connectivity index (χ2n) is 6.86. The van der Waals surface area contributed by atoms with Gasteiger partial charge in [-0.25, -0.2) is 4.98 Å². The highest BCUT2D eigenvalue weighted by Crippen LogP contribution is 2.27. The van der Waals surface area contributed by atoms with Crippen molar-refractivity contribution >= 4 is 33.3 Å². The van der Waals surface area contributed by atoms with Gasteiger partial charge in [0, 0.05) is 23.6 Å². The molecule has 0 fully saturated rings. The molecule has 3 heterocycles. The molecule has 29 heavy (non-hydrogen) atoms. The number of aryl methyl sites for hydroxylation is 3. The summed E-state index contributed by atoms with van der Waals surface area (Å²) in [5.41, 5.74) is 4.62. The van der Waals surface area contributed by atoms with Crippen molar-refractivity contribution in [3.8, 4) is 11.3 Å². The fourth-order valence-corrected chi connectivity index (χ4v) is 3.99. The summed E-state index contributed by atoms with van der Waals surface area (Å²) in [6.07, 6.45) is 3.35. The van der Waals surface area contributed by atoms with E-state index in [1.54, 1.807) is 19.3 Å². The molecule has 4 aromatic rings. The van der Waals surface area contributed by atoms with Crippen molar-refractivity contribution in [2.24, 2.45) is 0 Å². The van der Waals surface area contributed by atoms with Crippen LogP contribution in [0.2, 0.25) is 0 Å². The van der Waals surface area contributed by atoms with Gasteiger partial charge in [-0.2, -0.15) is 4.37 Å². The third kappa shape index (κ3) is 3.66. The lowest BCUT2D eigenvalue weighted by Gasteiger charge is -2.12. The first-order valence-electron chi connectivity index (χ1n) is 9.08. The number of hydrogen-bond acceptors (Lipinski definition) is 6. The summed E-state index contributed by atoms with van der Waals surface area (Å²) < 4.78 is 6.23. The van der Waals surface area contributed by atoms with Crippen LogP contribution in [-0.2, 0) is 11.3 Å². The number of aromatic nitrogens is 4. The van der Waals surface area contributed by atoms with Crippen molar-refractivity contribution in [1.29, 1.82) is 0 Å². The van der Waals surface area contributed by atoms with Crippen LogP contribution < -0.4 is 10.9 Å². The molecule has 3 aromatic heterocycles. The molecule has 0 bridgehead atoms. The van der Waals surface area contributed by atoms with Crippen molar-refractivity contribution in [2.75, 3.05) is 5.32 Å². The molecular formula is C21H19N5O2S. The summed E-state index contributed by atoms with van der Waals surface area (Å²) in [5.74, 6) is 0.191. The van der Waals surface area contributed by atoms with Crippen LogP contribution in [0.15, 0.2) is 47.5 Å². The van der Waals surface area contributed by atoms with Crippen molar-refractivity contribution in [3.05, 3.63) is 70.0 Å². The molecule has 8 heteroatoms. The van der Waals surface area contributed by atoms with E-state index in [4.69, 9.17) is 0 Å². The highest BCUT2D eigenvalue weighted by atomic mass is 32.1. The zero-order valence-corrected chi connectivity index (χ0v) is 17.1. The van der Waals surface area contributed by atoms with Crippen molar-refractivity contribution < 1.29 is 4.79 Å². The van der Waals surface area contributed by atoms with Gasteiger partial charge in [-0.15, -0.1) is 0 Å². The number of carbonyl (C=O) groups excluding carboxylic acids is 1. The number of rotatable bonds is 4. The minimum atomic E-state index is -0.276. The first-order valence-corrected chi connectivity index (χ1v) is 9.85. The van der Waals surface area contributed by atoms with Crippen molar-refractivity contribution in [3.63, 3.8) is 0 Å². The molecule has 1 N–H and O–H groups in total. The molecule has 0 aliphatic rings. The zero-order valence-electron chi connectivity index (χ0n) is 16.3. The molecule has 0 atom stereocenters. The lowest BCUT2D eigenvalue weighted by molar-refractivity contribution is -0.116. The summed E-state index contributed by atoms with van der Waals surface area (Å²) in [6.45, 7) is 5.55. The number of benzene rings is 1. The molecular weight excluding hydrogens is 386 g/mol. The first-order chi connectivity index (χ1) is 13.9. The fraction of sp³-hybridized carbons (Fsp3) is 0.190. The Labute approximate surface area is 171 Å². The van der Waals surface area contributed by atoms with Crippen LogP contribution in [0.3, 0.4) is 0 Å². The van der Waals surface area contributed by atoms with Gasteiger partial charge in [0.25, 0.3) is 5.56 Å². The lowest BCUT2D eigenvalue weighted by atomic mass is 10.1. The fourth-order valence-electron chi connectivity index (χ4n) is 3.19. The van der Waals surface area contributed by atoms with Gasteiger partial charge in [0.05, 0.1) is 0 Å². The molecule has 7 nitrogen and oxygen atoms in total. The van der Waals surface area contributed by atoms with E-state index in [0.717, 1.165) is 33.9 Å². The SMILES string of the molecule is Cc1ccc(NC(=O)Cn2c(C)nc3c(-c4ccncc4)nsc3c2=O)c(C)c1. The van der Waals surface area contributed by atoms with E-state index >= 15 is 0 Å². The highest BCUT2D eigenvalue weighted by Gasteiger charge is 2.18. The Kier molecular flexibility index (Phi) is 4.94. The molecule has 0 spiro atoms. The van der Waals surface area contributed by atoms with Crippen LogP contribution in [0.5, 0.6) is 0 Å². The van der Waals surface area contributed by atoms with Gasteiger partial charge in [0.15, 0.2) is 0 Å². The molecule has 0 saturated heterocycles. The van der Waals surface area contributed by atoms with Gasteiger partial charge < -0.3 is 5.32 Å². The topological polar surface area (TPSA) is 89.8 Å². The predicted octanol–water partition coefficient (Wildman–Crippen LogP) is 3.48. The predicted molar refractivity (Wildman–Crippen MR) is 114 cm³/mol. The van der Waals surface area contributed by atoms with Crippen molar-refractivity contribution in [2.45, 2.75) is 27.3 Å². The standard InChI is InChI=1S/C21H19N5O2S/c1-12-4-5-16(13(2)10-12)24-17(27)11-26-14(3)23-19-18(15-6-8-22-9-7-15)25-29-20(19)21(26)28/h4-10H,11H2,1-3H3,(H,24,27). The summed E-state index contributed by atoms with van der Waals surface area (Å²) in [7, 11) is 0. The summed E-state index contributed by atoms with van der Waals surface area (Å²) in [4.78, 5) is 34.1. The third-order valence-corrected chi connectivity index (χ3v) is 5.51. The maximum absolute atomic E-state index is 13.0. The average Bonchev–Trinajstić information content (AvgIpc) is 3.12. The van der Waals surface area contributed by atoms with E-state index in [-0.39, 0.29) is 18.0 Å². The molecule has 0 unspecified atom stereocenters. The summed E-state index contributed by atoms with van der Waals surface area (Å²) >= 11 is 1.10. The van der Waals surface area contributed by atoms with Gasteiger partial charge in [0.2, 0.25) is 5.91 Å². The van der Waals surface area contributed by atoms with Gasteiger partial charge in [-0.3, -0.25) is 19.1 Å². The Morgan fingerprint density at radius 2 is 1.90 bits per heavy atom. The van der Waals surface area contributed by atoms with Gasteiger partial charge in [-0.05, 0) is 56.1 Å². The number of amides is 1. The normalized spacial score (nSPS) is 11.0. The van der Waals surface area contributed by atoms with E-state index in [0.29, 0.717) is 21.7 Å². The zero-order chi connectivity index (χ0) is 20.5. The molecule has 0 saturated carbocycles. The number of hydrogen-bond donors (Lipinski definition) is 1. The number of pyridine rings is 1. The average molecular weight is 405 g/mol. The minimum Gasteiger partial charge on any atom is -0.324 e. The molecule has 0 aliphatic heterocycles. The van der Waals surface area contributed by atoms with Gasteiger partial charge >= 0.3 is 0 Å². The highest BCUT2D eigenvalue weighted by molar-refractivity contribution is 7.13. The van der Waals surface area contributed by atoms with E-state index < -0.39 is 0 Å². The Balaban J connectivity index is 1.66. The maximum Gasteiger partial charge on any atom is 0.273 e. The van der Waals surface area contributed by atoms with Crippen LogP contribution in [0.4, 0.5) is 5.69 Å². The molecule has 1 amide bonds. The minimum absolute atomic E-state index is 0.108. The van der Waals surface area contributed by atoms with Crippen LogP contribution in [-0.4, -0.2) is 24.8 Å². The van der Waals surface area contributed by atoms with Gasteiger partial charge in [-0.1, -0.05) is 17.7 Å². The monoisotopic (exact) mass is 405 g/mol. The number of anilines is 1. The maximum atomic E-state index is 13.0. The molecule has 146 valence electrons. The van der Waals surface area contributed by atoms with Gasteiger partial charge in [0.1, 0.15) is 28.3 Å². The van der Waals surface area contributed by atoms with Crippen LogP contribution in [0.25, 0.3) is 21.5 Å². The Morgan fingerprint density at radius 3 is 2.62 bits per heavy atom. The van der Waals surface area contributed by atoms with E-state index in [2.05, 4.69) is 19.7 Å². The van der Waals surface area contributed by atoms with E-state index in [9.17, 15) is 9.59 Å². The second kappa shape index (κ2) is 7.56. The number of fused-ring (bicyclic) bond motifs is 1. The number of nitrogens with zero attached hydrogens (tertiary/aromatic N) is 4. The van der Waals surface area contributed by atoms with Crippen molar-refractivity contribution in [1.82, 2.24) is 18.9 Å². The summed E-state index contributed by atoms with van der Waals surface area (Å²) in [6, 6.07) is 9.46. The lowest BCUT2D eigenvalue weighted by Crippen LogP contribution is -2.30. The molecule has 1 aromatic carbocycles. The first kappa shape index (κ1) is 18.9. The van der Waals surface area contributed by atoms with E-state index in [1.165, 1.54) is 4.57 Å². The van der Waals surface area contributed by atoms with Crippen LogP contribution >= 0.6 is 11.5 Å². The van der Waals surface area contributed by atoms with Crippen LogP contribution in [0.1, 0.15) is 17.0 Å². The molecule has 0 aliphatic carbocycles. The third-order valence-electron chi connectivity index (χ3n) is 4.68. The second-order valence-corrected chi connectivity index (χ2v) is 7.64. The van der Waals surface area contributed by atoms with Crippen LogP contribution in [0, 0.1) is 20.8 Å². The molecule has 4 rings (SSSR count). The Morgan fingerprint density at radius 1 is 1.14 bits per heavy atom. The number of carbonyl (C=O) groups is 1. The Bertz CT molecular complexity index is 1280. The summed E-state index contributed by atoms with van der Waals surface area (Å²) in [5, 5.41) is 2.87. The quantitative estimate of drug-likeness (QED) is 0.561. The molecule has 0 radical (unpaired) electrons.